The van der Waals surface area contributed by atoms with Gasteiger partial charge in [0.2, 0.25) is 0 Å². The number of nitrogens with two attached hydrogens (primary N) is 1. The third-order valence-corrected chi connectivity index (χ3v) is 5.58. The third kappa shape index (κ3) is 3.37. The number of nitrogen functional groups attached to an aromatic ring is 1. The van der Waals surface area contributed by atoms with Crippen LogP contribution >= 0.6 is 11.3 Å². The Bertz CT molecular complexity index is 943. The van der Waals surface area contributed by atoms with Crippen LogP contribution in [0, 0.1) is 13.8 Å². The summed E-state index contributed by atoms with van der Waals surface area (Å²) in [4.78, 5) is 20.8. The molecule has 0 radical (unpaired) electrons. The van der Waals surface area contributed by atoms with E-state index in [-0.39, 0.29) is 5.91 Å². The van der Waals surface area contributed by atoms with Crippen molar-refractivity contribution < 1.29 is 4.79 Å². The standard InChI is InChI=1S/C20H24N4OS/c1-5-24(6-2)15-9-7-14(8-10-15)23-19(25)18-17(21)16-12(3)11-13(4)22-20(16)26-18/h7-11H,5-6,21H2,1-4H3,(H,23,25). The van der Waals surface area contributed by atoms with Crippen molar-refractivity contribution in [3.05, 3.63) is 46.5 Å². The predicted octanol–water partition coefficient (Wildman–Crippen LogP) is 4.59. The zero-order chi connectivity index (χ0) is 18.8. The maximum absolute atomic E-state index is 12.7. The van der Waals surface area contributed by atoms with E-state index in [4.69, 9.17) is 5.73 Å². The molecular weight excluding hydrogens is 344 g/mol. The van der Waals surface area contributed by atoms with E-state index in [9.17, 15) is 4.79 Å². The molecular formula is C20H24N4OS. The fraction of sp³-hybridized carbons (Fsp3) is 0.300. The van der Waals surface area contributed by atoms with Gasteiger partial charge in [0.15, 0.2) is 0 Å². The van der Waals surface area contributed by atoms with Crippen LogP contribution in [0.5, 0.6) is 0 Å². The number of benzene rings is 1. The maximum Gasteiger partial charge on any atom is 0.267 e. The molecule has 0 bridgehead atoms. The van der Waals surface area contributed by atoms with E-state index in [0.717, 1.165) is 45.9 Å². The Kier molecular flexibility index (Phi) is 5.13. The molecule has 0 saturated carbocycles. The van der Waals surface area contributed by atoms with Crippen molar-refractivity contribution in [2.24, 2.45) is 0 Å². The summed E-state index contributed by atoms with van der Waals surface area (Å²) in [7, 11) is 0. The van der Waals surface area contributed by atoms with Gasteiger partial charge in [-0.05, 0) is 63.6 Å². The number of thiophene rings is 1. The van der Waals surface area contributed by atoms with Crippen molar-refractivity contribution in [1.82, 2.24) is 4.98 Å². The zero-order valence-electron chi connectivity index (χ0n) is 15.6. The SMILES string of the molecule is CCN(CC)c1ccc(NC(=O)c2sc3nc(C)cc(C)c3c2N)cc1. The van der Waals surface area contributed by atoms with E-state index in [2.05, 4.69) is 29.0 Å². The van der Waals surface area contributed by atoms with Gasteiger partial charge in [0, 0.05) is 35.5 Å². The van der Waals surface area contributed by atoms with Crippen molar-refractivity contribution in [1.29, 1.82) is 0 Å². The van der Waals surface area contributed by atoms with Gasteiger partial charge >= 0.3 is 0 Å². The molecule has 3 N–H and O–H groups in total. The third-order valence-electron chi connectivity index (χ3n) is 4.48. The smallest absolute Gasteiger partial charge is 0.267 e. The molecule has 0 aliphatic heterocycles. The molecule has 6 heteroatoms. The predicted molar refractivity (Wildman–Crippen MR) is 111 cm³/mol. The summed E-state index contributed by atoms with van der Waals surface area (Å²) >= 11 is 1.34. The van der Waals surface area contributed by atoms with Gasteiger partial charge in [-0.1, -0.05) is 0 Å². The van der Waals surface area contributed by atoms with E-state index >= 15 is 0 Å². The van der Waals surface area contributed by atoms with Gasteiger partial charge in [-0.25, -0.2) is 4.98 Å². The normalized spacial score (nSPS) is 10.9. The lowest BCUT2D eigenvalue weighted by Crippen LogP contribution is -2.21. The first kappa shape index (κ1) is 18.2. The quantitative estimate of drug-likeness (QED) is 0.691. The summed E-state index contributed by atoms with van der Waals surface area (Å²) in [6.07, 6.45) is 0. The summed E-state index contributed by atoms with van der Waals surface area (Å²) in [5, 5.41) is 3.82. The molecule has 0 unspecified atom stereocenters. The molecule has 2 aromatic heterocycles. The molecule has 0 aliphatic carbocycles. The first-order chi connectivity index (χ1) is 12.4. The lowest BCUT2D eigenvalue weighted by molar-refractivity contribution is 0.103. The lowest BCUT2D eigenvalue weighted by Gasteiger charge is -2.21. The number of aryl methyl sites for hydroxylation is 2. The van der Waals surface area contributed by atoms with Gasteiger partial charge in [0.05, 0.1) is 5.69 Å². The Morgan fingerprint density at radius 3 is 2.46 bits per heavy atom. The van der Waals surface area contributed by atoms with Crippen LogP contribution in [0.3, 0.4) is 0 Å². The van der Waals surface area contributed by atoms with E-state index in [1.54, 1.807) is 0 Å². The number of fused-ring (bicyclic) bond motifs is 1. The number of nitrogens with zero attached hydrogens (tertiary/aromatic N) is 2. The minimum Gasteiger partial charge on any atom is -0.397 e. The Balaban J connectivity index is 1.85. The van der Waals surface area contributed by atoms with E-state index < -0.39 is 0 Å². The first-order valence-corrected chi connectivity index (χ1v) is 9.58. The van der Waals surface area contributed by atoms with Crippen LogP contribution in [0.2, 0.25) is 0 Å². The highest BCUT2D eigenvalue weighted by Gasteiger charge is 2.19. The molecule has 5 nitrogen and oxygen atoms in total. The number of amides is 1. The Morgan fingerprint density at radius 2 is 1.85 bits per heavy atom. The zero-order valence-corrected chi connectivity index (χ0v) is 16.4. The van der Waals surface area contributed by atoms with Crippen molar-refractivity contribution in [3.63, 3.8) is 0 Å². The van der Waals surface area contributed by atoms with E-state index in [1.165, 1.54) is 11.3 Å². The maximum atomic E-state index is 12.7. The number of carbonyl (C=O) groups is 1. The van der Waals surface area contributed by atoms with Crippen LogP contribution in [0.25, 0.3) is 10.2 Å². The molecule has 26 heavy (non-hydrogen) atoms. The Labute approximate surface area is 157 Å². The average Bonchev–Trinajstić information content (AvgIpc) is 2.94. The fourth-order valence-electron chi connectivity index (χ4n) is 3.17. The summed E-state index contributed by atoms with van der Waals surface area (Å²) < 4.78 is 0. The van der Waals surface area contributed by atoms with Crippen LogP contribution in [-0.4, -0.2) is 24.0 Å². The lowest BCUT2D eigenvalue weighted by atomic mass is 10.1. The summed E-state index contributed by atoms with van der Waals surface area (Å²) in [5.41, 5.74) is 10.6. The first-order valence-electron chi connectivity index (χ1n) is 8.77. The molecule has 0 fully saturated rings. The number of anilines is 3. The largest absolute Gasteiger partial charge is 0.397 e. The highest BCUT2D eigenvalue weighted by molar-refractivity contribution is 7.21. The highest BCUT2D eigenvalue weighted by Crippen LogP contribution is 2.35. The van der Waals surface area contributed by atoms with Crippen molar-refractivity contribution in [2.75, 3.05) is 29.0 Å². The number of nitrogens with one attached hydrogen (secondary N) is 1. The fourth-order valence-corrected chi connectivity index (χ4v) is 4.28. The van der Waals surface area contributed by atoms with Gasteiger partial charge in [0.1, 0.15) is 9.71 Å². The second-order valence-electron chi connectivity index (χ2n) is 6.28. The second kappa shape index (κ2) is 7.33. The summed E-state index contributed by atoms with van der Waals surface area (Å²) in [6, 6.07) is 9.86. The number of rotatable bonds is 5. The van der Waals surface area contributed by atoms with Crippen molar-refractivity contribution >= 4 is 44.5 Å². The molecule has 1 aromatic carbocycles. The molecule has 0 aliphatic rings. The van der Waals surface area contributed by atoms with Crippen LogP contribution in [0.1, 0.15) is 34.8 Å². The average molecular weight is 369 g/mol. The minimum atomic E-state index is -0.196. The van der Waals surface area contributed by atoms with Crippen LogP contribution in [0.15, 0.2) is 30.3 Å². The number of carbonyl (C=O) groups excluding carboxylic acids is 1. The highest BCUT2D eigenvalue weighted by atomic mass is 32.1. The molecule has 0 saturated heterocycles. The van der Waals surface area contributed by atoms with E-state index in [0.29, 0.717) is 10.6 Å². The Morgan fingerprint density at radius 1 is 1.19 bits per heavy atom. The van der Waals surface area contributed by atoms with Crippen molar-refractivity contribution in [3.8, 4) is 0 Å². The van der Waals surface area contributed by atoms with Crippen LogP contribution < -0.4 is 16.0 Å². The van der Waals surface area contributed by atoms with E-state index in [1.807, 2.05) is 44.2 Å². The van der Waals surface area contributed by atoms with Gasteiger partial charge in [0.25, 0.3) is 5.91 Å². The van der Waals surface area contributed by atoms with Gasteiger partial charge in [-0.3, -0.25) is 4.79 Å². The van der Waals surface area contributed by atoms with Gasteiger partial charge in [-0.15, -0.1) is 11.3 Å². The molecule has 136 valence electrons. The summed E-state index contributed by atoms with van der Waals surface area (Å²) in [5.74, 6) is -0.196. The van der Waals surface area contributed by atoms with Gasteiger partial charge < -0.3 is 16.0 Å². The molecule has 2 heterocycles. The van der Waals surface area contributed by atoms with Crippen molar-refractivity contribution in [2.45, 2.75) is 27.7 Å². The molecule has 0 atom stereocenters. The van der Waals surface area contributed by atoms with Gasteiger partial charge in [-0.2, -0.15) is 0 Å². The molecule has 3 rings (SSSR count). The topological polar surface area (TPSA) is 71.2 Å². The minimum absolute atomic E-state index is 0.196. The number of hydrogen-bond donors (Lipinski definition) is 2. The molecule has 1 amide bonds. The number of pyridine rings is 1. The summed E-state index contributed by atoms with van der Waals surface area (Å²) in [6.45, 7) is 10.1. The molecule has 0 spiro atoms. The molecule has 3 aromatic rings. The monoisotopic (exact) mass is 368 g/mol. The number of hydrogen-bond acceptors (Lipinski definition) is 5. The second-order valence-corrected chi connectivity index (χ2v) is 7.28. The Hall–Kier alpha value is -2.60. The number of aromatic nitrogens is 1. The van der Waals surface area contributed by atoms with Crippen LogP contribution in [-0.2, 0) is 0 Å². The van der Waals surface area contributed by atoms with Crippen LogP contribution in [0.4, 0.5) is 17.1 Å².